The van der Waals surface area contributed by atoms with Crippen molar-refractivity contribution in [2.24, 2.45) is 5.92 Å². The topological polar surface area (TPSA) is 43.1 Å². The molecule has 0 aromatic heterocycles. The lowest BCUT2D eigenvalue weighted by Crippen LogP contribution is -2.15. The molecule has 0 saturated carbocycles. The zero-order valence-corrected chi connectivity index (χ0v) is 11.1. The summed E-state index contributed by atoms with van der Waals surface area (Å²) in [6, 6.07) is 5.28. The highest BCUT2D eigenvalue weighted by atomic mass is 35.5. The van der Waals surface area contributed by atoms with E-state index in [-0.39, 0.29) is 16.0 Å². The number of nitrogens with zero attached hydrogens (tertiary/aromatic N) is 1. The van der Waals surface area contributed by atoms with E-state index in [4.69, 9.17) is 11.6 Å². The number of nitro benzene ring substituents is 1. The lowest BCUT2D eigenvalue weighted by atomic mass is 9.95. The van der Waals surface area contributed by atoms with Crippen molar-refractivity contribution >= 4 is 29.1 Å². The van der Waals surface area contributed by atoms with Gasteiger partial charge in [-0.3, -0.25) is 10.1 Å². The third kappa shape index (κ3) is 2.75. The van der Waals surface area contributed by atoms with Crippen LogP contribution in [0.2, 0.25) is 0 Å². The number of alkyl halides is 1. The van der Waals surface area contributed by atoms with Gasteiger partial charge in [-0.25, -0.2) is 0 Å². The molecule has 1 aromatic carbocycles. The van der Waals surface area contributed by atoms with Crippen molar-refractivity contribution in [3.8, 4) is 0 Å². The number of hydrogen-bond donors (Lipinski definition) is 0. The summed E-state index contributed by atoms with van der Waals surface area (Å²) in [5.41, 5.74) is 2.04. The van der Waals surface area contributed by atoms with Crippen LogP contribution in [-0.2, 0) is 6.42 Å². The van der Waals surface area contributed by atoms with Crippen LogP contribution in [0, 0.1) is 23.0 Å². The monoisotopic (exact) mass is 271 g/mol. The Hall–Kier alpha value is -0.740. The maximum Gasteiger partial charge on any atom is 0.272 e. The fourth-order valence-corrected chi connectivity index (χ4v) is 3.97. The Morgan fingerprint density at radius 3 is 2.88 bits per heavy atom. The van der Waals surface area contributed by atoms with E-state index < -0.39 is 0 Å². The second-order valence-electron chi connectivity index (χ2n) is 4.34. The molecule has 3 nitrogen and oxygen atoms in total. The van der Waals surface area contributed by atoms with Gasteiger partial charge in [0.2, 0.25) is 0 Å². The standard InChI is InChI=1S/C12H14ClNO2S/c1-8-9(3-2-4-12(8)14(15)16)5-10-6-17-7-11(10)13/h2-4,10-11H,5-7H2,1H3. The highest BCUT2D eigenvalue weighted by Gasteiger charge is 2.27. The normalized spacial score (nSPS) is 23.9. The van der Waals surface area contributed by atoms with Crippen molar-refractivity contribution in [3.63, 3.8) is 0 Å². The van der Waals surface area contributed by atoms with Crippen LogP contribution < -0.4 is 0 Å². The van der Waals surface area contributed by atoms with Gasteiger partial charge in [0.25, 0.3) is 5.69 Å². The molecule has 0 amide bonds. The van der Waals surface area contributed by atoms with Crippen LogP contribution in [0.4, 0.5) is 5.69 Å². The molecule has 2 unspecified atom stereocenters. The summed E-state index contributed by atoms with van der Waals surface area (Å²) in [5.74, 6) is 2.47. The molecule has 1 aromatic rings. The molecule has 0 aliphatic carbocycles. The summed E-state index contributed by atoms with van der Waals surface area (Å²) < 4.78 is 0. The summed E-state index contributed by atoms with van der Waals surface area (Å²) in [7, 11) is 0. The van der Waals surface area contributed by atoms with Crippen molar-refractivity contribution in [2.75, 3.05) is 11.5 Å². The minimum absolute atomic E-state index is 0.193. The Morgan fingerprint density at radius 1 is 1.53 bits per heavy atom. The molecule has 1 fully saturated rings. The molecular formula is C12H14ClNO2S. The first-order valence-electron chi connectivity index (χ1n) is 5.54. The van der Waals surface area contributed by atoms with Gasteiger partial charge in [-0.1, -0.05) is 12.1 Å². The zero-order valence-electron chi connectivity index (χ0n) is 9.56. The SMILES string of the molecule is Cc1c(CC2CSCC2Cl)cccc1[N+](=O)[O-]. The molecule has 2 rings (SSSR count). The molecule has 0 radical (unpaired) electrons. The lowest BCUT2D eigenvalue weighted by molar-refractivity contribution is -0.385. The van der Waals surface area contributed by atoms with Crippen molar-refractivity contribution in [1.29, 1.82) is 0 Å². The smallest absolute Gasteiger partial charge is 0.258 e. The number of rotatable bonds is 3. The average Bonchev–Trinajstić information content (AvgIpc) is 2.67. The van der Waals surface area contributed by atoms with Crippen molar-refractivity contribution in [3.05, 3.63) is 39.4 Å². The minimum atomic E-state index is -0.319. The molecular weight excluding hydrogens is 258 g/mol. The summed E-state index contributed by atoms with van der Waals surface area (Å²) >= 11 is 8.09. The molecule has 17 heavy (non-hydrogen) atoms. The Balaban J connectivity index is 2.21. The number of nitro groups is 1. The summed E-state index contributed by atoms with van der Waals surface area (Å²) in [4.78, 5) is 10.5. The van der Waals surface area contributed by atoms with E-state index in [0.29, 0.717) is 5.92 Å². The minimum Gasteiger partial charge on any atom is -0.258 e. The number of thioether (sulfide) groups is 1. The quantitative estimate of drug-likeness (QED) is 0.481. The van der Waals surface area contributed by atoms with Gasteiger partial charge in [-0.05, 0) is 30.6 Å². The Morgan fingerprint density at radius 2 is 2.29 bits per heavy atom. The van der Waals surface area contributed by atoms with Gasteiger partial charge in [0.05, 0.1) is 4.92 Å². The van der Waals surface area contributed by atoms with E-state index in [0.717, 1.165) is 29.1 Å². The van der Waals surface area contributed by atoms with Crippen LogP contribution in [0.25, 0.3) is 0 Å². The van der Waals surface area contributed by atoms with E-state index >= 15 is 0 Å². The fourth-order valence-electron chi connectivity index (χ4n) is 2.13. The largest absolute Gasteiger partial charge is 0.272 e. The molecule has 1 aliphatic rings. The third-order valence-electron chi connectivity index (χ3n) is 3.22. The number of hydrogen-bond acceptors (Lipinski definition) is 3. The summed E-state index contributed by atoms with van der Waals surface area (Å²) in [6.07, 6.45) is 0.842. The zero-order chi connectivity index (χ0) is 12.4. The van der Waals surface area contributed by atoms with Crippen molar-refractivity contribution in [1.82, 2.24) is 0 Å². The first-order chi connectivity index (χ1) is 8.09. The van der Waals surface area contributed by atoms with Crippen molar-refractivity contribution < 1.29 is 4.92 Å². The maximum atomic E-state index is 10.9. The summed E-state index contributed by atoms with van der Waals surface area (Å²) in [6.45, 7) is 1.82. The molecule has 92 valence electrons. The van der Waals surface area contributed by atoms with Crippen molar-refractivity contribution in [2.45, 2.75) is 18.7 Å². The van der Waals surface area contributed by atoms with Gasteiger partial charge in [0.1, 0.15) is 0 Å². The molecule has 2 atom stereocenters. The molecule has 0 spiro atoms. The first kappa shape index (κ1) is 12.7. The van der Waals surface area contributed by atoms with E-state index in [1.807, 2.05) is 24.8 Å². The fraction of sp³-hybridized carbons (Fsp3) is 0.500. The third-order valence-corrected chi connectivity index (χ3v) is 5.17. The molecule has 1 heterocycles. The second-order valence-corrected chi connectivity index (χ2v) is 5.97. The van der Waals surface area contributed by atoms with E-state index in [2.05, 4.69) is 0 Å². The van der Waals surface area contributed by atoms with Crippen LogP contribution in [0.3, 0.4) is 0 Å². The van der Waals surface area contributed by atoms with E-state index in [9.17, 15) is 10.1 Å². The lowest BCUT2D eigenvalue weighted by Gasteiger charge is -2.14. The first-order valence-corrected chi connectivity index (χ1v) is 7.13. The van der Waals surface area contributed by atoms with Gasteiger partial charge in [0, 0.05) is 22.8 Å². The number of benzene rings is 1. The van der Waals surface area contributed by atoms with Gasteiger partial charge >= 0.3 is 0 Å². The van der Waals surface area contributed by atoms with Crippen LogP contribution in [-0.4, -0.2) is 21.8 Å². The molecule has 1 aliphatic heterocycles. The van der Waals surface area contributed by atoms with Gasteiger partial charge in [-0.15, -0.1) is 11.6 Å². The van der Waals surface area contributed by atoms with Gasteiger partial charge in [0.15, 0.2) is 0 Å². The van der Waals surface area contributed by atoms with Gasteiger partial charge < -0.3 is 0 Å². The Bertz CT molecular complexity index is 439. The van der Waals surface area contributed by atoms with Crippen LogP contribution >= 0.6 is 23.4 Å². The molecule has 1 saturated heterocycles. The van der Waals surface area contributed by atoms with Gasteiger partial charge in [-0.2, -0.15) is 11.8 Å². The predicted octanol–water partition coefficient (Wildman–Crippen LogP) is 3.42. The van der Waals surface area contributed by atoms with Crippen LogP contribution in [0.15, 0.2) is 18.2 Å². The Labute approximate surface area is 110 Å². The van der Waals surface area contributed by atoms with E-state index in [1.165, 1.54) is 0 Å². The van der Waals surface area contributed by atoms with Crippen LogP contribution in [0.5, 0.6) is 0 Å². The molecule has 5 heteroatoms. The second kappa shape index (κ2) is 5.27. The van der Waals surface area contributed by atoms with Crippen LogP contribution in [0.1, 0.15) is 11.1 Å². The molecule has 0 bridgehead atoms. The summed E-state index contributed by atoms with van der Waals surface area (Å²) in [5, 5.41) is 11.0. The molecule has 0 N–H and O–H groups in total. The Kier molecular flexibility index (Phi) is 3.94. The average molecular weight is 272 g/mol. The van der Waals surface area contributed by atoms with E-state index in [1.54, 1.807) is 12.1 Å². The predicted molar refractivity (Wildman–Crippen MR) is 72.0 cm³/mol. The highest BCUT2D eigenvalue weighted by Crippen LogP contribution is 2.33. The number of halogens is 1. The highest BCUT2D eigenvalue weighted by molar-refractivity contribution is 7.99. The maximum absolute atomic E-state index is 10.9.